The van der Waals surface area contributed by atoms with Crippen molar-refractivity contribution in [3.63, 3.8) is 0 Å². The Kier molecular flexibility index (Phi) is 9.36. The van der Waals surface area contributed by atoms with E-state index in [0.29, 0.717) is 11.3 Å². The smallest absolute Gasteiger partial charge is 0.308 e. The Hall–Kier alpha value is -3.37. The number of allylic oxidation sites excluding steroid dienone is 3. The molecule has 2 rings (SSSR count). The van der Waals surface area contributed by atoms with E-state index in [9.17, 15) is 18.5 Å². The summed E-state index contributed by atoms with van der Waals surface area (Å²) in [4.78, 5) is 10.8. The standard InChI is InChI=1S/C20H17NO5S.C2H6/c1-15(22)26-19-12-11-16(13-20(19)25-2)7-6-10-18(14-21)27(23,24)17-8-4-3-5-9-17;1-2/h3-13H,1-2H3;1-2H3/b7-6+,18-10+;. The van der Waals surface area contributed by atoms with E-state index in [1.807, 2.05) is 13.8 Å². The number of nitrogens with zero attached hydrogens (tertiary/aromatic N) is 1. The van der Waals surface area contributed by atoms with Gasteiger partial charge in [0.25, 0.3) is 0 Å². The van der Waals surface area contributed by atoms with Crippen LogP contribution in [0.1, 0.15) is 26.3 Å². The van der Waals surface area contributed by atoms with Gasteiger partial charge in [0, 0.05) is 6.92 Å². The van der Waals surface area contributed by atoms with Crippen molar-refractivity contribution in [3.8, 4) is 17.6 Å². The molecule has 152 valence electrons. The fraction of sp³-hybridized carbons (Fsp3) is 0.182. The third-order valence-corrected chi connectivity index (χ3v) is 5.13. The normalized spacial score (nSPS) is 11.2. The van der Waals surface area contributed by atoms with E-state index in [1.54, 1.807) is 48.5 Å². The third kappa shape index (κ3) is 6.63. The first-order chi connectivity index (χ1) is 13.9. The lowest BCUT2D eigenvalue weighted by atomic mass is 10.2. The van der Waals surface area contributed by atoms with Crippen LogP contribution in [0.15, 0.2) is 70.5 Å². The van der Waals surface area contributed by atoms with Crippen molar-refractivity contribution in [2.75, 3.05) is 7.11 Å². The highest BCUT2D eigenvalue weighted by Crippen LogP contribution is 2.28. The van der Waals surface area contributed by atoms with Gasteiger partial charge in [-0.05, 0) is 35.9 Å². The molecular formula is C22H23NO5S. The molecule has 0 radical (unpaired) electrons. The molecule has 0 aliphatic heterocycles. The highest BCUT2D eigenvalue weighted by Gasteiger charge is 2.19. The van der Waals surface area contributed by atoms with Crippen LogP contribution in [0.2, 0.25) is 0 Å². The van der Waals surface area contributed by atoms with Gasteiger partial charge in [-0.15, -0.1) is 0 Å². The molecular weight excluding hydrogens is 390 g/mol. The number of benzene rings is 2. The van der Waals surface area contributed by atoms with Gasteiger partial charge in [0.1, 0.15) is 11.0 Å². The number of sulfone groups is 1. The summed E-state index contributed by atoms with van der Waals surface area (Å²) in [6, 6.07) is 14.3. The number of hydrogen-bond acceptors (Lipinski definition) is 6. The third-order valence-electron chi connectivity index (χ3n) is 3.43. The van der Waals surface area contributed by atoms with E-state index in [2.05, 4.69) is 0 Å². The number of hydrogen-bond donors (Lipinski definition) is 0. The van der Waals surface area contributed by atoms with E-state index in [0.717, 1.165) is 0 Å². The number of nitriles is 1. The Morgan fingerprint density at radius 3 is 2.28 bits per heavy atom. The van der Waals surface area contributed by atoms with Crippen molar-refractivity contribution in [3.05, 3.63) is 71.2 Å². The zero-order chi connectivity index (χ0) is 21.9. The molecule has 0 spiro atoms. The number of carbonyl (C=O) groups excluding carboxylic acids is 1. The molecule has 0 aliphatic rings. The van der Waals surface area contributed by atoms with E-state index in [1.165, 1.54) is 38.3 Å². The minimum Gasteiger partial charge on any atom is -0.493 e. The summed E-state index contributed by atoms with van der Waals surface area (Å²) < 4.78 is 35.1. The average Bonchev–Trinajstić information content (AvgIpc) is 2.73. The van der Waals surface area contributed by atoms with Gasteiger partial charge in [0.2, 0.25) is 9.84 Å². The van der Waals surface area contributed by atoms with Gasteiger partial charge in [0.15, 0.2) is 11.5 Å². The van der Waals surface area contributed by atoms with Crippen LogP contribution in [0.3, 0.4) is 0 Å². The summed E-state index contributed by atoms with van der Waals surface area (Å²) in [6.07, 6.45) is 4.30. The maximum Gasteiger partial charge on any atom is 0.308 e. The SMILES string of the molecule is CC.COc1cc(/C=C/C=C(\C#N)S(=O)(=O)c2ccccc2)ccc1OC(C)=O. The van der Waals surface area contributed by atoms with Crippen molar-refractivity contribution in [1.82, 2.24) is 0 Å². The molecule has 0 bridgehead atoms. The molecule has 6 nitrogen and oxygen atoms in total. The van der Waals surface area contributed by atoms with Crippen LogP contribution in [0.5, 0.6) is 11.5 Å². The van der Waals surface area contributed by atoms with Crippen LogP contribution in [0.4, 0.5) is 0 Å². The van der Waals surface area contributed by atoms with Crippen LogP contribution in [0.25, 0.3) is 6.08 Å². The summed E-state index contributed by atoms with van der Waals surface area (Å²) >= 11 is 0. The second-order valence-corrected chi connectivity index (χ2v) is 7.24. The first-order valence-electron chi connectivity index (χ1n) is 8.83. The second kappa shape index (κ2) is 11.5. The van der Waals surface area contributed by atoms with E-state index in [-0.39, 0.29) is 15.6 Å². The van der Waals surface area contributed by atoms with Gasteiger partial charge in [-0.2, -0.15) is 5.26 Å². The van der Waals surface area contributed by atoms with Crippen molar-refractivity contribution in [1.29, 1.82) is 5.26 Å². The maximum atomic E-state index is 12.5. The van der Waals surface area contributed by atoms with E-state index < -0.39 is 15.8 Å². The first kappa shape index (κ1) is 23.7. The molecule has 0 fully saturated rings. The van der Waals surface area contributed by atoms with E-state index in [4.69, 9.17) is 9.47 Å². The van der Waals surface area contributed by atoms with E-state index >= 15 is 0 Å². The van der Waals surface area contributed by atoms with Gasteiger partial charge < -0.3 is 9.47 Å². The molecule has 0 saturated heterocycles. The van der Waals surface area contributed by atoms with Crippen LogP contribution in [-0.2, 0) is 14.6 Å². The molecule has 29 heavy (non-hydrogen) atoms. The van der Waals surface area contributed by atoms with Gasteiger partial charge in [-0.25, -0.2) is 8.42 Å². The summed E-state index contributed by atoms with van der Waals surface area (Å²) in [6.45, 7) is 5.29. The molecule has 0 saturated carbocycles. The predicted octanol–water partition coefficient (Wildman–Crippen LogP) is 4.54. The lowest BCUT2D eigenvalue weighted by Gasteiger charge is -2.08. The lowest BCUT2D eigenvalue weighted by Crippen LogP contribution is -2.03. The molecule has 0 N–H and O–H groups in total. The Morgan fingerprint density at radius 1 is 1.07 bits per heavy atom. The van der Waals surface area contributed by atoms with Crippen molar-refractivity contribution < 1.29 is 22.7 Å². The van der Waals surface area contributed by atoms with Crippen LogP contribution < -0.4 is 9.47 Å². The average molecular weight is 413 g/mol. The molecule has 0 unspecified atom stereocenters. The molecule has 0 aromatic heterocycles. The van der Waals surface area contributed by atoms with Gasteiger partial charge in [-0.3, -0.25) is 4.79 Å². The van der Waals surface area contributed by atoms with Crippen molar-refractivity contribution in [2.24, 2.45) is 0 Å². The number of carbonyl (C=O) groups is 1. The Morgan fingerprint density at radius 2 is 1.72 bits per heavy atom. The fourth-order valence-electron chi connectivity index (χ4n) is 2.19. The quantitative estimate of drug-likeness (QED) is 0.299. The zero-order valence-electron chi connectivity index (χ0n) is 16.7. The molecule has 0 atom stereocenters. The maximum absolute atomic E-state index is 12.5. The lowest BCUT2D eigenvalue weighted by molar-refractivity contribution is -0.132. The van der Waals surface area contributed by atoms with Crippen molar-refractivity contribution >= 4 is 21.9 Å². The molecule has 0 heterocycles. The van der Waals surface area contributed by atoms with Crippen LogP contribution in [0, 0.1) is 11.3 Å². The molecule has 2 aromatic carbocycles. The number of rotatable bonds is 6. The summed E-state index contributed by atoms with van der Waals surface area (Å²) in [5, 5.41) is 9.22. The molecule has 0 amide bonds. The van der Waals surface area contributed by atoms with Crippen LogP contribution >= 0.6 is 0 Å². The minimum atomic E-state index is -3.87. The summed E-state index contributed by atoms with van der Waals surface area (Å²) in [5.41, 5.74) is 0.674. The number of esters is 1. The zero-order valence-corrected chi connectivity index (χ0v) is 17.6. The topological polar surface area (TPSA) is 93.5 Å². The Labute approximate surface area is 171 Å². The summed E-state index contributed by atoms with van der Waals surface area (Å²) in [5.74, 6) is 0.167. The Bertz CT molecular complexity index is 1030. The fourth-order valence-corrected chi connectivity index (χ4v) is 3.33. The predicted molar refractivity (Wildman–Crippen MR) is 112 cm³/mol. The molecule has 0 aliphatic carbocycles. The number of methoxy groups -OCH3 is 1. The minimum absolute atomic E-state index is 0.0543. The van der Waals surface area contributed by atoms with Gasteiger partial charge in [-0.1, -0.05) is 50.3 Å². The van der Waals surface area contributed by atoms with Gasteiger partial charge >= 0.3 is 5.97 Å². The van der Waals surface area contributed by atoms with Crippen molar-refractivity contribution in [2.45, 2.75) is 25.7 Å². The molecule has 7 heteroatoms. The van der Waals surface area contributed by atoms with Crippen LogP contribution in [-0.4, -0.2) is 21.5 Å². The number of ether oxygens (including phenoxy) is 2. The first-order valence-corrected chi connectivity index (χ1v) is 10.3. The molecule has 2 aromatic rings. The Balaban J connectivity index is 0.00000204. The monoisotopic (exact) mass is 413 g/mol. The highest BCUT2D eigenvalue weighted by atomic mass is 32.2. The second-order valence-electron chi connectivity index (χ2n) is 5.32. The van der Waals surface area contributed by atoms with Gasteiger partial charge in [0.05, 0.1) is 12.0 Å². The highest BCUT2D eigenvalue weighted by molar-refractivity contribution is 7.95. The largest absolute Gasteiger partial charge is 0.493 e. The summed E-state index contributed by atoms with van der Waals surface area (Å²) in [7, 11) is -2.43.